The molecule has 6 fully saturated rings. The third-order valence-corrected chi connectivity index (χ3v) is 13.1. The maximum atomic E-state index is 13.1. The lowest BCUT2D eigenvalue weighted by Crippen LogP contribution is -2.61. The Morgan fingerprint density at radius 1 is 0.800 bits per heavy atom. The minimum absolute atomic E-state index is 0.00464. The molecule has 3 N–H and O–H groups in total. The molecule has 10 heteroatoms. The zero-order valence-electron chi connectivity index (χ0n) is 31.9. The number of ether oxygens (including phenoxy) is 2. The van der Waals surface area contributed by atoms with E-state index in [4.69, 9.17) is 9.47 Å². The normalized spacial score (nSPS) is 30.3. The van der Waals surface area contributed by atoms with Crippen molar-refractivity contribution in [1.29, 1.82) is 0 Å². The van der Waals surface area contributed by atoms with Crippen LogP contribution in [0.15, 0.2) is 91.3 Å². The van der Waals surface area contributed by atoms with Gasteiger partial charge in [-0.15, -0.1) is 0 Å². The topological polar surface area (TPSA) is 112 Å². The lowest BCUT2D eigenvalue weighted by molar-refractivity contribution is -0.276. The van der Waals surface area contributed by atoms with Crippen LogP contribution in [-0.4, -0.2) is 70.4 Å². The number of hydrogen-bond donors (Lipinski definition) is 3. The van der Waals surface area contributed by atoms with Gasteiger partial charge in [-0.1, -0.05) is 73.7 Å². The van der Waals surface area contributed by atoms with Gasteiger partial charge in [0, 0.05) is 68.7 Å². The van der Waals surface area contributed by atoms with E-state index in [0.29, 0.717) is 6.54 Å². The van der Waals surface area contributed by atoms with Crippen molar-refractivity contribution in [3.63, 3.8) is 0 Å². The van der Waals surface area contributed by atoms with Gasteiger partial charge in [0.25, 0.3) is 0 Å². The lowest BCUT2D eigenvalue weighted by Gasteiger charge is -2.56. The van der Waals surface area contributed by atoms with Gasteiger partial charge >= 0.3 is 6.03 Å². The number of nitrogens with one attached hydrogen (secondary N) is 2. The molecule has 4 saturated carbocycles. The molecule has 0 radical (unpaired) electrons. The molecule has 2 saturated heterocycles. The molecule has 4 aliphatic carbocycles. The molecule has 1 aromatic heterocycles. The maximum Gasteiger partial charge on any atom is 0.315 e. The summed E-state index contributed by atoms with van der Waals surface area (Å²) in [7, 11) is 0. The van der Waals surface area contributed by atoms with Crippen LogP contribution in [0.25, 0.3) is 11.1 Å². The van der Waals surface area contributed by atoms with Crippen LogP contribution in [0.5, 0.6) is 0 Å². The van der Waals surface area contributed by atoms with E-state index in [9.17, 15) is 9.90 Å². The summed E-state index contributed by atoms with van der Waals surface area (Å²) < 4.78 is 13.6. The molecular formula is C45H54N6O4. The molecule has 6 aliphatic rings. The van der Waals surface area contributed by atoms with E-state index < -0.39 is 6.29 Å². The highest BCUT2D eigenvalue weighted by molar-refractivity contribution is 5.75. The number of nitrogens with zero attached hydrogens (tertiary/aromatic N) is 4. The molecule has 10 nitrogen and oxygen atoms in total. The highest BCUT2D eigenvalue weighted by Gasteiger charge is 2.51. The molecule has 55 heavy (non-hydrogen) atoms. The number of amides is 2. The monoisotopic (exact) mass is 742 g/mol. The average molecular weight is 743 g/mol. The molecule has 4 aromatic rings. The quantitative estimate of drug-likeness (QED) is 0.159. The Labute approximate surface area is 324 Å². The highest BCUT2D eigenvalue weighted by atomic mass is 16.7. The van der Waals surface area contributed by atoms with Gasteiger partial charge in [0.2, 0.25) is 5.95 Å². The number of piperazine rings is 1. The first-order chi connectivity index (χ1) is 26.9. The van der Waals surface area contributed by atoms with E-state index in [0.717, 1.165) is 109 Å². The van der Waals surface area contributed by atoms with Crippen LogP contribution in [-0.2, 0) is 22.6 Å². The number of hydrogen-bond acceptors (Lipinski definition) is 8. The van der Waals surface area contributed by atoms with Crippen LogP contribution in [0.1, 0.15) is 80.1 Å². The largest absolute Gasteiger partial charge is 0.392 e. The van der Waals surface area contributed by atoms with Gasteiger partial charge < -0.3 is 30.1 Å². The summed E-state index contributed by atoms with van der Waals surface area (Å²) in [6.07, 6.45) is 10.4. The first-order valence-electron chi connectivity index (χ1n) is 20.4. The van der Waals surface area contributed by atoms with Crippen LogP contribution < -0.4 is 15.5 Å². The number of carbonyl (C=O) groups excluding carboxylic acids is 1. The fraction of sp³-hybridized carbons (Fsp3) is 0.489. The van der Waals surface area contributed by atoms with Gasteiger partial charge in [-0.25, -0.2) is 14.8 Å². The number of aliphatic hydroxyl groups is 1. The third kappa shape index (κ3) is 8.01. The van der Waals surface area contributed by atoms with E-state index >= 15 is 0 Å². The summed E-state index contributed by atoms with van der Waals surface area (Å²) in [5.41, 5.74) is 6.22. The second-order valence-corrected chi connectivity index (χ2v) is 17.0. The minimum Gasteiger partial charge on any atom is -0.392 e. The van der Waals surface area contributed by atoms with E-state index in [-0.39, 0.29) is 36.3 Å². The summed E-state index contributed by atoms with van der Waals surface area (Å²) in [4.78, 5) is 26.8. The molecule has 0 spiro atoms. The molecule has 2 aliphatic heterocycles. The maximum absolute atomic E-state index is 13.1. The Kier molecular flexibility index (Phi) is 10.3. The van der Waals surface area contributed by atoms with Gasteiger partial charge in [0.05, 0.1) is 18.8 Å². The summed E-state index contributed by atoms with van der Waals surface area (Å²) in [5.74, 6) is 3.28. The number of urea groups is 1. The minimum atomic E-state index is -0.528. The van der Waals surface area contributed by atoms with Gasteiger partial charge in [-0.2, -0.15) is 0 Å². The van der Waals surface area contributed by atoms with Crippen molar-refractivity contribution in [2.24, 2.45) is 23.7 Å². The molecule has 2 amide bonds. The lowest BCUT2D eigenvalue weighted by atomic mass is 9.53. The summed E-state index contributed by atoms with van der Waals surface area (Å²) >= 11 is 0. The Hall–Kier alpha value is -4.35. The second kappa shape index (κ2) is 15.7. The number of anilines is 1. The van der Waals surface area contributed by atoms with Crippen molar-refractivity contribution in [1.82, 2.24) is 25.5 Å². The molecule has 4 atom stereocenters. The smallest absolute Gasteiger partial charge is 0.315 e. The number of aromatic nitrogens is 2. The molecule has 288 valence electrons. The van der Waals surface area contributed by atoms with Crippen LogP contribution in [0.4, 0.5) is 10.7 Å². The third-order valence-electron chi connectivity index (χ3n) is 13.1. The average Bonchev–Trinajstić information content (AvgIpc) is 3.21. The van der Waals surface area contributed by atoms with E-state index in [1.165, 1.54) is 19.3 Å². The predicted octanol–water partition coefficient (Wildman–Crippen LogP) is 7.02. The molecule has 3 heterocycles. The first kappa shape index (κ1) is 36.3. The molecule has 4 bridgehead atoms. The Balaban J connectivity index is 0.858. The van der Waals surface area contributed by atoms with Crippen LogP contribution in [0, 0.1) is 23.7 Å². The number of rotatable bonds is 10. The Morgan fingerprint density at radius 2 is 1.47 bits per heavy atom. The van der Waals surface area contributed by atoms with Crippen molar-refractivity contribution < 1.29 is 19.4 Å². The van der Waals surface area contributed by atoms with Crippen molar-refractivity contribution in [3.05, 3.63) is 114 Å². The van der Waals surface area contributed by atoms with Crippen LogP contribution in [0.2, 0.25) is 0 Å². The Morgan fingerprint density at radius 3 is 2.15 bits per heavy atom. The molecule has 0 unspecified atom stereocenters. The number of aliphatic hydroxyl groups excluding tert-OH is 1. The Bertz CT molecular complexity index is 1880. The van der Waals surface area contributed by atoms with Crippen molar-refractivity contribution in [2.45, 2.75) is 82.6 Å². The molecular weight excluding hydrogens is 689 g/mol. The molecule has 3 aromatic carbocycles. The first-order valence-corrected chi connectivity index (χ1v) is 20.4. The van der Waals surface area contributed by atoms with Gasteiger partial charge in [-0.3, -0.25) is 4.90 Å². The fourth-order valence-corrected chi connectivity index (χ4v) is 10.6. The summed E-state index contributed by atoms with van der Waals surface area (Å²) in [6.45, 7) is 7.06. The summed E-state index contributed by atoms with van der Waals surface area (Å²) in [6, 6.07) is 26.8. The highest BCUT2D eigenvalue weighted by Crippen LogP contribution is 2.55. The van der Waals surface area contributed by atoms with Gasteiger partial charge in [0.1, 0.15) is 0 Å². The standard InChI is InChI=1S/C45H54N6O4/c1-30-40(28-50-16-18-51(19-17-50)43-46-14-3-15-47-43)54-42(55-41(30)37-8-6-31(29-52)7-9-37)38-12-10-36(11-13-38)39-5-2-4-32(23-39)27-48-44(53)49-45-24-33-20-34(25-45)22-35(21-33)26-45/h2-15,23,30,33-35,40-42,52H,16-22,24-29H2,1H3,(H2,48,49,53)/t30-,33?,34?,35?,40+,41+,42+,45?/m0/s1. The number of benzene rings is 3. The van der Waals surface area contributed by atoms with E-state index in [1.807, 2.05) is 18.2 Å². The summed E-state index contributed by atoms with van der Waals surface area (Å²) in [5, 5.41) is 16.3. The predicted molar refractivity (Wildman–Crippen MR) is 212 cm³/mol. The fourth-order valence-electron chi connectivity index (χ4n) is 10.6. The number of carbonyl (C=O) groups is 1. The van der Waals surface area contributed by atoms with E-state index in [1.54, 1.807) is 12.4 Å². The van der Waals surface area contributed by atoms with Crippen LogP contribution in [0.3, 0.4) is 0 Å². The van der Waals surface area contributed by atoms with Gasteiger partial charge in [0.15, 0.2) is 6.29 Å². The SMILES string of the molecule is C[C@H]1[C@@H](CN2CCN(c3ncccn3)CC2)O[C@@H](c2ccc(-c3cccc(CNC(=O)NC45CC6CC(CC(C6)C4)C5)c3)cc2)O[C@H]1c1ccc(CO)cc1. The van der Waals surface area contributed by atoms with Crippen molar-refractivity contribution >= 4 is 12.0 Å². The van der Waals surface area contributed by atoms with Crippen LogP contribution >= 0.6 is 0 Å². The second-order valence-electron chi connectivity index (χ2n) is 17.0. The van der Waals surface area contributed by atoms with Gasteiger partial charge in [-0.05, 0) is 96.2 Å². The zero-order chi connectivity index (χ0) is 37.4. The zero-order valence-corrected chi connectivity index (χ0v) is 31.9. The van der Waals surface area contributed by atoms with Crippen molar-refractivity contribution in [2.75, 3.05) is 37.6 Å². The van der Waals surface area contributed by atoms with E-state index in [2.05, 4.69) is 98.0 Å². The molecule has 10 rings (SSSR count). The van der Waals surface area contributed by atoms with Crippen molar-refractivity contribution in [3.8, 4) is 11.1 Å².